The molecule has 0 atom stereocenters. The van der Waals surface area contributed by atoms with E-state index in [1.54, 1.807) is 0 Å². The molecule has 0 spiro atoms. The van der Waals surface area contributed by atoms with Crippen molar-refractivity contribution in [3.63, 3.8) is 0 Å². The Hall–Kier alpha value is -2.31. The number of aliphatic hydroxyl groups excluding tert-OH is 1. The highest BCUT2D eigenvalue weighted by Crippen LogP contribution is 2.35. The minimum atomic E-state index is 0.119. The lowest BCUT2D eigenvalue weighted by atomic mass is 10.1. The van der Waals surface area contributed by atoms with Gasteiger partial charge in [-0.15, -0.1) is 6.58 Å². The molecule has 1 N–H and O–H groups in total. The van der Waals surface area contributed by atoms with Crippen molar-refractivity contribution in [3.8, 4) is 22.8 Å². The van der Waals surface area contributed by atoms with Crippen LogP contribution < -0.4 is 9.47 Å². The standard InChI is InChI=1S/C19H25N3O3/c1-3-7-22(8-9-23)14-16-13-21(2)20-19(16)15-5-6-17-18(12-15)25-11-4-10-24-17/h3,5-6,12-13,23H,1,4,7-11,14H2,2H3. The second-order valence-corrected chi connectivity index (χ2v) is 6.14. The number of nitrogens with zero attached hydrogens (tertiary/aromatic N) is 3. The van der Waals surface area contributed by atoms with Crippen molar-refractivity contribution < 1.29 is 14.6 Å². The van der Waals surface area contributed by atoms with Gasteiger partial charge in [-0.05, 0) is 18.2 Å². The number of hydrogen-bond acceptors (Lipinski definition) is 5. The van der Waals surface area contributed by atoms with Crippen molar-refractivity contribution in [1.82, 2.24) is 14.7 Å². The Morgan fingerprint density at radius 1 is 1.32 bits per heavy atom. The first-order valence-corrected chi connectivity index (χ1v) is 8.58. The number of hydrogen-bond donors (Lipinski definition) is 1. The van der Waals surface area contributed by atoms with Crippen molar-refractivity contribution in [2.24, 2.45) is 7.05 Å². The minimum Gasteiger partial charge on any atom is -0.490 e. The Morgan fingerprint density at radius 2 is 2.12 bits per heavy atom. The molecule has 1 aromatic carbocycles. The van der Waals surface area contributed by atoms with E-state index in [2.05, 4.69) is 16.6 Å². The number of fused-ring (bicyclic) bond motifs is 1. The van der Waals surface area contributed by atoms with E-state index in [4.69, 9.17) is 9.47 Å². The third kappa shape index (κ3) is 4.21. The van der Waals surface area contributed by atoms with Gasteiger partial charge in [-0.1, -0.05) is 6.08 Å². The van der Waals surface area contributed by atoms with Crippen LogP contribution in [0.3, 0.4) is 0 Å². The summed E-state index contributed by atoms with van der Waals surface area (Å²) in [6, 6.07) is 5.96. The van der Waals surface area contributed by atoms with E-state index < -0.39 is 0 Å². The average Bonchev–Trinajstić information content (AvgIpc) is 2.81. The molecule has 134 valence electrons. The molecule has 0 bridgehead atoms. The predicted octanol–water partition coefficient (Wildman–Crippen LogP) is 2.23. The lowest BCUT2D eigenvalue weighted by Gasteiger charge is -2.19. The number of aryl methyl sites for hydroxylation is 1. The summed E-state index contributed by atoms with van der Waals surface area (Å²) in [4.78, 5) is 2.14. The van der Waals surface area contributed by atoms with Crippen LogP contribution in [0.4, 0.5) is 0 Å². The molecule has 1 aromatic heterocycles. The molecule has 0 amide bonds. The summed E-state index contributed by atoms with van der Waals surface area (Å²) in [5, 5.41) is 13.9. The van der Waals surface area contributed by atoms with E-state index in [0.717, 1.165) is 41.3 Å². The molecule has 0 fully saturated rings. The van der Waals surface area contributed by atoms with Gasteiger partial charge in [-0.2, -0.15) is 5.10 Å². The summed E-state index contributed by atoms with van der Waals surface area (Å²) in [5.41, 5.74) is 3.03. The summed E-state index contributed by atoms with van der Waals surface area (Å²) >= 11 is 0. The molecular weight excluding hydrogens is 318 g/mol. The van der Waals surface area contributed by atoms with Gasteiger partial charge in [-0.3, -0.25) is 9.58 Å². The molecule has 1 aliphatic heterocycles. The van der Waals surface area contributed by atoms with Crippen LogP contribution in [0.2, 0.25) is 0 Å². The fraction of sp³-hybridized carbons (Fsp3) is 0.421. The first-order valence-electron chi connectivity index (χ1n) is 8.58. The maximum Gasteiger partial charge on any atom is 0.161 e. The molecule has 25 heavy (non-hydrogen) atoms. The summed E-state index contributed by atoms with van der Waals surface area (Å²) in [7, 11) is 1.92. The SMILES string of the molecule is C=CCN(CCO)Cc1cn(C)nc1-c1ccc2c(c1)OCCCO2. The normalized spacial score (nSPS) is 13.7. The second kappa shape index (κ2) is 8.18. The van der Waals surface area contributed by atoms with E-state index in [0.29, 0.717) is 26.3 Å². The number of aromatic nitrogens is 2. The maximum absolute atomic E-state index is 9.26. The topological polar surface area (TPSA) is 59.8 Å². The lowest BCUT2D eigenvalue weighted by molar-refractivity contribution is 0.203. The van der Waals surface area contributed by atoms with Crippen molar-refractivity contribution in [1.29, 1.82) is 0 Å². The molecule has 0 aliphatic carbocycles. The van der Waals surface area contributed by atoms with Crippen LogP contribution in [0.15, 0.2) is 37.1 Å². The third-order valence-corrected chi connectivity index (χ3v) is 4.12. The molecule has 0 saturated carbocycles. The molecule has 1 aliphatic rings. The smallest absolute Gasteiger partial charge is 0.161 e. The lowest BCUT2D eigenvalue weighted by Crippen LogP contribution is -2.26. The first kappa shape index (κ1) is 17.5. The van der Waals surface area contributed by atoms with Crippen LogP contribution in [0.5, 0.6) is 11.5 Å². The Bertz CT molecular complexity index is 727. The zero-order valence-corrected chi connectivity index (χ0v) is 14.6. The molecule has 6 nitrogen and oxygen atoms in total. The third-order valence-electron chi connectivity index (χ3n) is 4.12. The van der Waals surface area contributed by atoms with Crippen LogP contribution in [-0.2, 0) is 13.6 Å². The Morgan fingerprint density at radius 3 is 2.88 bits per heavy atom. The highest BCUT2D eigenvalue weighted by atomic mass is 16.5. The predicted molar refractivity (Wildman–Crippen MR) is 96.8 cm³/mol. The molecule has 6 heteroatoms. The van der Waals surface area contributed by atoms with Crippen molar-refractivity contribution in [3.05, 3.63) is 42.6 Å². The Kier molecular flexibility index (Phi) is 5.73. The zero-order valence-electron chi connectivity index (χ0n) is 14.6. The van der Waals surface area contributed by atoms with E-state index in [1.165, 1.54) is 0 Å². The second-order valence-electron chi connectivity index (χ2n) is 6.14. The quantitative estimate of drug-likeness (QED) is 0.781. The number of aliphatic hydroxyl groups is 1. The average molecular weight is 343 g/mol. The first-order chi connectivity index (χ1) is 12.2. The van der Waals surface area contributed by atoms with Gasteiger partial charge < -0.3 is 14.6 Å². The molecular formula is C19H25N3O3. The molecule has 0 unspecified atom stereocenters. The van der Waals surface area contributed by atoms with Crippen molar-refractivity contribution in [2.75, 3.05) is 32.9 Å². The summed E-state index contributed by atoms with van der Waals surface area (Å²) in [6.45, 7) is 7.27. The summed E-state index contributed by atoms with van der Waals surface area (Å²) in [6.07, 6.45) is 4.75. The monoisotopic (exact) mass is 343 g/mol. The van der Waals surface area contributed by atoms with Gasteiger partial charge in [0.1, 0.15) is 0 Å². The van der Waals surface area contributed by atoms with E-state index in [-0.39, 0.29) is 6.61 Å². The molecule has 2 aromatic rings. The molecule has 0 saturated heterocycles. The van der Waals surface area contributed by atoms with E-state index in [1.807, 2.05) is 42.2 Å². The fourth-order valence-electron chi connectivity index (χ4n) is 3.01. The van der Waals surface area contributed by atoms with Gasteiger partial charge in [-0.25, -0.2) is 0 Å². The van der Waals surface area contributed by atoms with E-state index >= 15 is 0 Å². The highest BCUT2D eigenvalue weighted by molar-refractivity contribution is 5.66. The molecule has 3 rings (SSSR count). The van der Waals surface area contributed by atoms with Crippen LogP contribution in [0.25, 0.3) is 11.3 Å². The van der Waals surface area contributed by atoms with Gasteiger partial charge in [0.15, 0.2) is 11.5 Å². The van der Waals surface area contributed by atoms with Crippen LogP contribution in [0.1, 0.15) is 12.0 Å². The summed E-state index contributed by atoms with van der Waals surface area (Å²) < 4.78 is 13.3. The van der Waals surface area contributed by atoms with Crippen molar-refractivity contribution >= 4 is 0 Å². The van der Waals surface area contributed by atoms with Gasteiger partial charge in [0.05, 0.1) is 25.5 Å². The Labute approximate surface area is 148 Å². The molecule has 0 radical (unpaired) electrons. The van der Waals surface area contributed by atoms with E-state index in [9.17, 15) is 5.11 Å². The van der Waals surface area contributed by atoms with Gasteiger partial charge in [0, 0.05) is 50.4 Å². The van der Waals surface area contributed by atoms with Gasteiger partial charge >= 0.3 is 0 Å². The molecule has 2 heterocycles. The highest BCUT2D eigenvalue weighted by Gasteiger charge is 2.17. The van der Waals surface area contributed by atoms with Crippen molar-refractivity contribution in [2.45, 2.75) is 13.0 Å². The maximum atomic E-state index is 9.26. The van der Waals surface area contributed by atoms with Crippen LogP contribution in [-0.4, -0.2) is 52.7 Å². The fourth-order valence-corrected chi connectivity index (χ4v) is 3.01. The Balaban J connectivity index is 1.90. The number of benzene rings is 1. The van der Waals surface area contributed by atoms with Crippen LogP contribution >= 0.6 is 0 Å². The van der Waals surface area contributed by atoms with Gasteiger partial charge in [0.2, 0.25) is 0 Å². The number of rotatable bonds is 7. The van der Waals surface area contributed by atoms with Gasteiger partial charge in [0.25, 0.3) is 0 Å². The minimum absolute atomic E-state index is 0.119. The number of ether oxygens (including phenoxy) is 2. The zero-order chi connectivity index (χ0) is 17.6. The largest absolute Gasteiger partial charge is 0.490 e. The summed E-state index contributed by atoms with van der Waals surface area (Å²) in [5.74, 6) is 1.55. The van der Waals surface area contributed by atoms with Crippen LogP contribution in [0, 0.1) is 0 Å².